The van der Waals surface area contributed by atoms with Crippen molar-refractivity contribution in [1.82, 2.24) is 39.0 Å². The first kappa shape index (κ1) is 65.6. The highest BCUT2D eigenvalue weighted by atomic mass is 32.2. The number of sulfonamides is 2. The molecule has 4 aliphatic rings. The Morgan fingerprint density at radius 3 is 1.34 bits per heavy atom. The van der Waals surface area contributed by atoms with Crippen molar-refractivity contribution in [3.63, 3.8) is 0 Å². The molecule has 0 radical (unpaired) electrons. The number of carbonyl (C=O) groups excluding carboxylic acids is 4. The number of hydrogen-bond acceptors (Lipinski definition) is 18. The van der Waals surface area contributed by atoms with E-state index in [2.05, 4.69) is 31.2 Å². The van der Waals surface area contributed by atoms with Crippen molar-refractivity contribution in [3.05, 3.63) is 133 Å². The number of benzene rings is 4. The van der Waals surface area contributed by atoms with Crippen LogP contribution in [0.4, 0.5) is 21.0 Å². The van der Waals surface area contributed by atoms with Gasteiger partial charge in [0, 0.05) is 86.5 Å². The number of likely N-dealkylation sites (N-methyl/N-ethyl adjacent to an activating group) is 2. The van der Waals surface area contributed by atoms with Crippen molar-refractivity contribution >= 4 is 77.1 Å². The predicted molar refractivity (Wildman–Crippen MR) is 333 cm³/mol. The van der Waals surface area contributed by atoms with Crippen LogP contribution >= 0.6 is 0 Å². The number of rotatable bonds is 18. The van der Waals surface area contributed by atoms with E-state index < -0.39 is 68.2 Å². The zero-order valence-corrected chi connectivity index (χ0v) is 52.2. The van der Waals surface area contributed by atoms with Crippen LogP contribution in [0.1, 0.15) is 27.7 Å². The molecule has 28 heteroatoms. The molecule has 6 N–H and O–H groups in total. The molecule has 26 nitrogen and oxygen atoms in total. The van der Waals surface area contributed by atoms with E-state index in [4.69, 9.17) is 28.4 Å². The van der Waals surface area contributed by atoms with Gasteiger partial charge in [-0.25, -0.2) is 26.4 Å². The second-order valence-electron chi connectivity index (χ2n) is 22.1. The Morgan fingerprint density at radius 2 is 0.956 bits per heavy atom. The number of urea groups is 2. The van der Waals surface area contributed by atoms with Gasteiger partial charge in [-0.2, -0.15) is 8.61 Å². The Labute approximate surface area is 521 Å². The average molecular weight is 1280 g/mol. The largest absolute Gasteiger partial charge is 0.491 e. The lowest BCUT2D eigenvalue weighted by Crippen LogP contribution is -2.49. The van der Waals surface area contributed by atoms with Gasteiger partial charge < -0.3 is 69.7 Å². The summed E-state index contributed by atoms with van der Waals surface area (Å²) in [6, 6.07) is 25.1. The summed E-state index contributed by atoms with van der Waals surface area (Å²) in [5.41, 5.74) is 2.26. The highest BCUT2D eigenvalue weighted by Crippen LogP contribution is 2.35. The minimum absolute atomic E-state index is 0.0375. The van der Waals surface area contributed by atoms with Crippen molar-refractivity contribution in [1.29, 1.82) is 0 Å². The summed E-state index contributed by atoms with van der Waals surface area (Å²) in [7, 11) is -5.03. The highest BCUT2D eigenvalue weighted by molar-refractivity contribution is 7.89. The molecule has 0 fully saturated rings. The van der Waals surface area contributed by atoms with Crippen molar-refractivity contribution in [2.24, 2.45) is 11.8 Å². The van der Waals surface area contributed by atoms with Crippen molar-refractivity contribution in [2.75, 3.05) is 104 Å². The third-order valence-electron chi connectivity index (χ3n) is 15.5. The first-order valence-corrected chi connectivity index (χ1v) is 32.1. The number of carbonyl (C=O) groups is 4. The molecular weight excluding hydrogens is 1200 g/mol. The van der Waals surface area contributed by atoms with E-state index in [1.165, 1.54) is 68.9 Å². The van der Waals surface area contributed by atoms with Crippen LogP contribution in [0, 0.1) is 11.8 Å². The maximum absolute atomic E-state index is 13.6. The fourth-order valence-electron chi connectivity index (χ4n) is 10.3. The van der Waals surface area contributed by atoms with E-state index in [1.807, 2.05) is 38.1 Å². The molecule has 2 aromatic heterocycles. The topological polar surface area (TPSA) is 319 Å². The van der Waals surface area contributed by atoms with Gasteiger partial charge in [0.1, 0.15) is 50.2 Å². The Bertz CT molecular complexity index is 3630. The summed E-state index contributed by atoms with van der Waals surface area (Å²) >= 11 is 0. The summed E-state index contributed by atoms with van der Waals surface area (Å²) in [6.07, 6.45) is 4.38. The van der Waals surface area contributed by atoms with Crippen LogP contribution in [-0.2, 0) is 39.1 Å². The van der Waals surface area contributed by atoms with Gasteiger partial charge in [-0.15, -0.1) is 0 Å². The fraction of sp³-hybridized carbons (Fsp3) is 0.387. The highest BCUT2D eigenvalue weighted by Gasteiger charge is 2.36. The molecule has 4 aromatic carbocycles. The molecule has 6 aromatic rings. The van der Waals surface area contributed by atoms with Crippen LogP contribution in [0.25, 0.3) is 21.8 Å². The fourth-order valence-corrected chi connectivity index (χ4v) is 12.7. The molecule has 6 heterocycles. The normalized spacial score (nSPS) is 20.4. The minimum Gasteiger partial charge on any atom is -0.491 e. The average Bonchev–Trinajstić information content (AvgIpc) is 1.84. The van der Waals surface area contributed by atoms with E-state index in [9.17, 15) is 46.2 Å². The number of aromatic nitrogens is 2. The lowest BCUT2D eigenvalue weighted by atomic mass is 10.0. The van der Waals surface area contributed by atoms with E-state index >= 15 is 0 Å². The number of aliphatic hydroxyl groups excluding tert-OH is 2. The number of nitrogens with one attached hydrogen (secondary N) is 4. The summed E-state index contributed by atoms with van der Waals surface area (Å²) in [5, 5.41) is 32.3. The first-order chi connectivity index (χ1) is 43.1. The van der Waals surface area contributed by atoms with Gasteiger partial charge in [0.05, 0.1) is 83.7 Å². The lowest BCUT2D eigenvalue weighted by molar-refractivity contribution is -0.132. The van der Waals surface area contributed by atoms with Crippen LogP contribution in [0.5, 0.6) is 23.0 Å². The molecule has 480 valence electrons. The Hall–Kier alpha value is -8.80. The first-order valence-electron chi connectivity index (χ1n) is 29.2. The Balaban J connectivity index is 0.000000213. The number of fused-ring (bicyclic) bond motifs is 4. The van der Waals surface area contributed by atoms with Crippen LogP contribution in [0.3, 0.4) is 0 Å². The lowest BCUT2D eigenvalue weighted by Gasteiger charge is -2.37. The van der Waals surface area contributed by atoms with Crippen molar-refractivity contribution in [2.45, 2.75) is 61.8 Å². The number of nitrogens with zero attached hydrogens (tertiary/aromatic N) is 6. The van der Waals surface area contributed by atoms with Gasteiger partial charge in [-0.3, -0.25) is 19.6 Å². The van der Waals surface area contributed by atoms with Crippen LogP contribution < -0.4 is 40.2 Å². The number of para-hydroxylation sites is 2. The molecule has 0 saturated heterocycles. The second-order valence-corrected chi connectivity index (χ2v) is 26.2. The van der Waals surface area contributed by atoms with E-state index in [-0.39, 0.29) is 85.6 Å². The molecule has 0 aliphatic carbocycles. The summed E-state index contributed by atoms with van der Waals surface area (Å²) in [6.45, 7) is 8.04. The molecule has 10 rings (SSSR count). The van der Waals surface area contributed by atoms with Crippen LogP contribution in [0.15, 0.2) is 143 Å². The van der Waals surface area contributed by atoms with E-state index in [0.717, 1.165) is 10.8 Å². The molecule has 0 unspecified atom stereocenters. The minimum atomic E-state index is -3.97. The van der Waals surface area contributed by atoms with Gasteiger partial charge in [-0.05, 0) is 62.4 Å². The number of pyridine rings is 2. The van der Waals surface area contributed by atoms with Crippen molar-refractivity contribution in [3.8, 4) is 23.0 Å². The van der Waals surface area contributed by atoms with Gasteiger partial charge in [0.15, 0.2) is 23.0 Å². The third kappa shape index (κ3) is 15.8. The Kier molecular flexibility index (Phi) is 21.3. The molecule has 0 saturated carbocycles. The van der Waals surface area contributed by atoms with Gasteiger partial charge in [-0.1, -0.05) is 50.2 Å². The maximum Gasteiger partial charge on any atom is 0.319 e. The Morgan fingerprint density at radius 1 is 0.578 bits per heavy atom. The summed E-state index contributed by atoms with van der Waals surface area (Å²) < 4.78 is 91.3. The predicted octanol–water partition coefficient (Wildman–Crippen LogP) is 5.15. The quantitative estimate of drug-likeness (QED) is 0.0648. The molecule has 0 bridgehead atoms. The summed E-state index contributed by atoms with van der Waals surface area (Å²) in [4.78, 5) is 64.0. The monoisotopic (exact) mass is 1280 g/mol. The van der Waals surface area contributed by atoms with E-state index in [1.54, 1.807) is 74.8 Å². The number of amides is 6. The molecule has 6 amide bonds. The summed E-state index contributed by atoms with van der Waals surface area (Å²) in [5.74, 6) is 0.464. The smallest absolute Gasteiger partial charge is 0.319 e. The molecular formula is C62H74N10O16S2. The van der Waals surface area contributed by atoms with Crippen molar-refractivity contribution < 1.29 is 74.6 Å². The zero-order valence-electron chi connectivity index (χ0n) is 50.6. The molecule has 6 atom stereocenters. The van der Waals surface area contributed by atoms with E-state index in [0.29, 0.717) is 71.8 Å². The maximum atomic E-state index is 13.6. The zero-order chi connectivity index (χ0) is 64.3. The molecule has 0 spiro atoms. The standard InChI is InChI=1S/2C31H37N5O8S/c2*1-20-17-36(21(2)19-37)29(38)14-23(16-33-31(39)34-25-8-4-6-22-7-5-11-32-30(22)25)44-28(20)18-35(3)45(40,41)24-9-10-26-27(15-24)43-13-12-42-26/h2*4-11,14-15,20-21,28,37H,12-13,16-19H2,1-3H3,(H2,33,34,39)/b2*23-14-/t2*20-,21+,28+/m11/s1. The molecule has 90 heavy (non-hydrogen) atoms. The second kappa shape index (κ2) is 29.2. The van der Waals surface area contributed by atoms with Gasteiger partial charge in [0.2, 0.25) is 31.9 Å². The van der Waals surface area contributed by atoms with Crippen LogP contribution in [-0.4, -0.2) is 197 Å². The number of aliphatic hydroxyl groups is 2. The third-order valence-corrected chi connectivity index (χ3v) is 19.1. The van der Waals surface area contributed by atoms with Gasteiger partial charge in [0.25, 0.3) is 0 Å². The number of ether oxygens (including phenoxy) is 6. The van der Waals surface area contributed by atoms with Crippen LogP contribution in [0.2, 0.25) is 0 Å². The SMILES string of the molecule is C[C@@H]1CN([C@@H](C)CO)C(=O)/C=C(/CNC(=O)Nc2cccc3cccnc23)O[C@H]1CN(C)S(=O)(=O)c1ccc2c(c1)OCCO2.C[C@@H]1CN([C@@H](C)CO)C(=O)/C=C(/CNC(=O)Nc2cccc3cccnc23)O[C@H]1CN(C)S(=O)(=O)c1ccc2c(c1)OCCO2. The van der Waals surface area contributed by atoms with Gasteiger partial charge >= 0.3 is 12.1 Å². The molecule has 4 aliphatic heterocycles. The number of anilines is 2. The number of hydrogen-bond donors (Lipinski definition) is 6.